The lowest BCUT2D eigenvalue weighted by molar-refractivity contribution is -0.115. The summed E-state index contributed by atoms with van der Waals surface area (Å²) < 4.78 is 5.81. The maximum absolute atomic E-state index is 13.2. The van der Waals surface area contributed by atoms with Crippen LogP contribution in [0.1, 0.15) is 22.8 Å². The Morgan fingerprint density at radius 3 is 2.02 bits per heavy atom. The van der Waals surface area contributed by atoms with Crippen LogP contribution in [0.25, 0.3) is 6.08 Å². The minimum Gasteiger partial charge on any atom is -0.457 e. The molecule has 220 valence electrons. The van der Waals surface area contributed by atoms with Crippen LogP contribution in [-0.4, -0.2) is 23.0 Å². The van der Waals surface area contributed by atoms with Gasteiger partial charge in [0, 0.05) is 21.8 Å². The average molecular weight is 620 g/mol. The minimum absolute atomic E-state index is 0.126. The lowest BCUT2D eigenvalue weighted by atomic mass is 10.2. The molecule has 3 amide bonds. The van der Waals surface area contributed by atoms with E-state index in [9.17, 15) is 14.4 Å². The highest BCUT2D eigenvalue weighted by atomic mass is 32.2. The van der Waals surface area contributed by atoms with E-state index in [-0.39, 0.29) is 22.8 Å². The van der Waals surface area contributed by atoms with Crippen LogP contribution in [0.2, 0.25) is 0 Å². The molecule has 5 aromatic rings. The monoisotopic (exact) mass is 619 g/mol. The molecule has 0 radical (unpaired) electrons. The summed E-state index contributed by atoms with van der Waals surface area (Å²) >= 11 is 2.90. The number of anilines is 2. The maximum atomic E-state index is 13.2. The van der Waals surface area contributed by atoms with Crippen LogP contribution in [0, 0.1) is 0 Å². The second-order valence-electron chi connectivity index (χ2n) is 9.60. The Hall–Kier alpha value is -5.12. The number of thioether (sulfide) groups is 1. The van der Waals surface area contributed by atoms with Gasteiger partial charge >= 0.3 is 0 Å². The number of ether oxygens (including phenoxy) is 1. The van der Waals surface area contributed by atoms with Gasteiger partial charge in [-0.25, -0.2) is 0 Å². The van der Waals surface area contributed by atoms with E-state index in [0.29, 0.717) is 22.7 Å². The van der Waals surface area contributed by atoms with Crippen LogP contribution in [0.3, 0.4) is 0 Å². The molecule has 0 aliphatic carbocycles. The van der Waals surface area contributed by atoms with Crippen molar-refractivity contribution in [2.45, 2.75) is 17.1 Å². The summed E-state index contributed by atoms with van der Waals surface area (Å²) in [5, 5.41) is 11.9. The molecule has 44 heavy (non-hydrogen) atoms. The highest BCUT2D eigenvalue weighted by Crippen LogP contribution is 2.27. The predicted molar refractivity (Wildman–Crippen MR) is 178 cm³/mol. The number of hydrogen-bond donors (Lipinski definition) is 3. The number of carbonyl (C=O) groups is 3. The predicted octanol–water partition coefficient (Wildman–Crippen LogP) is 8.07. The van der Waals surface area contributed by atoms with Gasteiger partial charge in [0.25, 0.3) is 11.8 Å². The topological polar surface area (TPSA) is 96.5 Å². The Balaban J connectivity index is 1.16. The molecule has 1 aromatic heterocycles. The standard InChI is InChI=1S/C35H29N3O4S2/c1-24(33(39)36-27-12-16-30(17-13-27)42-29-10-6-3-7-11-29)44-31-18-14-28(15-19-31)37-35(41)32(22-25-20-21-43-23-25)38-34(40)26-8-4-2-5-9-26/h2-24H,1H3,(H,36,39)(H,37,41)(H,38,40)/b32-22-. The van der Waals surface area contributed by atoms with E-state index in [1.54, 1.807) is 54.6 Å². The number of carbonyl (C=O) groups excluding carboxylic acids is 3. The molecule has 1 unspecified atom stereocenters. The van der Waals surface area contributed by atoms with Crippen molar-refractivity contribution in [2.75, 3.05) is 10.6 Å². The van der Waals surface area contributed by atoms with Gasteiger partial charge in [0.2, 0.25) is 5.91 Å². The van der Waals surface area contributed by atoms with E-state index in [2.05, 4.69) is 16.0 Å². The first kappa shape index (κ1) is 30.3. The second kappa shape index (κ2) is 14.9. The Morgan fingerprint density at radius 2 is 1.36 bits per heavy atom. The third-order valence-corrected chi connectivity index (χ3v) is 8.09. The molecule has 0 bridgehead atoms. The molecular formula is C35H29N3O4S2. The number of para-hydroxylation sites is 1. The molecule has 3 N–H and O–H groups in total. The molecule has 7 nitrogen and oxygen atoms in total. The molecule has 0 aliphatic rings. The first-order chi connectivity index (χ1) is 21.4. The lowest BCUT2D eigenvalue weighted by Crippen LogP contribution is -2.30. The number of benzene rings is 4. The van der Waals surface area contributed by atoms with E-state index in [0.717, 1.165) is 16.2 Å². The summed E-state index contributed by atoms with van der Waals surface area (Å²) in [5.41, 5.74) is 2.61. The molecule has 0 saturated heterocycles. The number of amides is 3. The van der Waals surface area contributed by atoms with Gasteiger partial charge < -0.3 is 20.7 Å². The van der Waals surface area contributed by atoms with E-state index < -0.39 is 5.91 Å². The van der Waals surface area contributed by atoms with Crippen LogP contribution in [-0.2, 0) is 9.59 Å². The summed E-state index contributed by atoms with van der Waals surface area (Å²) in [7, 11) is 0. The molecule has 9 heteroatoms. The molecule has 4 aromatic carbocycles. The van der Waals surface area contributed by atoms with Crippen molar-refractivity contribution in [1.82, 2.24) is 5.32 Å². The Bertz CT molecular complexity index is 1720. The van der Waals surface area contributed by atoms with Crippen molar-refractivity contribution >= 4 is 58.3 Å². The number of thiophene rings is 1. The first-order valence-electron chi connectivity index (χ1n) is 13.8. The van der Waals surface area contributed by atoms with E-state index in [4.69, 9.17) is 4.74 Å². The van der Waals surface area contributed by atoms with E-state index in [1.165, 1.54) is 23.1 Å². The maximum Gasteiger partial charge on any atom is 0.272 e. The average Bonchev–Trinajstić information content (AvgIpc) is 3.57. The molecule has 5 rings (SSSR count). The van der Waals surface area contributed by atoms with Gasteiger partial charge in [0.15, 0.2) is 0 Å². The fourth-order valence-corrected chi connectivity index (χ4v) is 5.50. The highest BCUT2D eigenvalue weighted by molar-refractivity contribution is 8.00. The van der Waals surface area contributed by atoms with Gasteiger partial charge in [-0.3, -0.25) is 14.4 Å². The van der Waals surface area contributed by atoms with Gasteiger partial charge in [-0.1, -0.05) is 36.4 Å². The normalized spacial score (nSPS) is 11.7. The zero-order valence-corrected chi connectivity index (χ0v) is 25.4. The van der Waals surface area contributed by atoms with Gasteiger partial charge in [0.1, 0.15) is 17.2 Å². The SMILES string of the molecule is CC(Sc1ccc(NC(=O)/C(=C/c2ccsc2)NC(=O)c2ccccc2)cc1)C(=O)Nc1ccc(Oc2ccccc2)cc1. The fraction of sp³-hybridized carbons (Fsp3) is 0.0571. The van der Waals surface area contributed by atoms with Gasteiger partial charge in [-0.15, -0.1) is 11.8 Å². The summed E-state index contributed by atoms with van der Waals surface area (Å²) in [5.74, 6) is 0.453. The third-order valence-electron chi connectivity index (χ3n) is 6.28. The number of nitrogens with one attached hydrogen (secondary N) is 3. The van der Waals surface area contributed by atoms with Crippen LogP contribution in [0.5, 0.6) is 11.5 Å². The smallest absolute Gasteiger partial charge is 0.272 e. The van der Waals surface area contributed by atoms with Crippen molar-refractivity contribution in [3.8, 4) is 11.5 Å². The third kappa shape index (κ3) is 8.70. The molecular weight excluding hydrogens is 591 g/mol. The first-order valence-corrected chi connectivity index (χ1v) is 15.6. The fourth-order valence-electron chi connectivity index (χ4n) is 4.01. The van der Waals surface area contributed by atoms with Crippen LogP contribution >= 0.6 is 23.1 Å². The quantitative estimate of drug-likeness (QED) is 0.103. The summed E-state index contributed by atoms with van der Waals surface area (Å²) in [6.45, 7) is 1.83. The van der Waals surface area contributed by atoms with Gasteiger partial charge in [-0.2, -0.15) is 11.3 Å². The minimum atomic E-state index is -0.450. The highest BCUT2D eigenvalue weighted by Gasteiger charge is 2.17. The van der Waals surface area contributed by atoms with Crippen molar-refractivity contribution < 1.29 is 19.1 Å². The molecule has 0 spiro atoms. The van der Waals surface area contributed by atoms with E-state index >= 15 is 0 Å². The number of hydrogen-bond acceptors (Lipinski definition) is 6. The summed E-state index contributed by atoms with van der Waals surface area (Å²) in [4.78, 5) is 39.7. The molecule has 0 fully saturated rings. The largest absolute Gasteiger partial charge is 0.457 e. The van der Waals surface area contributed by atoms with Gasteiger partial charge in [0.05, 0.1) is 5.25 Å². The Morgan fingerprint density at radius 1 is 0.750 bits per heavy atom. The molecule has 1 heterocycles. The second-order valence-corrected chi connectivity index (χ2v) is 11.8. The van der Waals surface area contributed by atoms with Gasteiger partial charge in [-0.05, 0) is 108 Å². The zero-order chi connectivity index (χ0) is 30.7. The van der Waals surface area contributed by atoms with Crippen LogP contribution in [0.4, 0.5) is 11.4 Å². The Labute approximate surface area is 264 Å². The van der Waals surface area contributed by atoms with Crippen LogP contribution in [0.15, 0.2) is 137 Å². The van der Waals surface area contributed by atoms with Crippen molar-refractivity contribution in [3.63, 3.8) is 0 Å². The van der Waals surface area contributed by atoms with Crippen molar-refractivity contribution in [2.24, 2.45) is 0 Å². The van der Waals surface area contributed by atoms with Crippen molar-refractivity contribution in [1.29, 1.82) is 0 Å². The molecule has 1 atom stereocenters. The van der Waals surface area contributed by atoms with E-state index in [1.807, 2.05) is 84.4 Å². The molecule has 0 aliphatic heterocycles. The summed E-state index contributed by atoms with van der Waals surface area (Å²) in [6, 6.07) is 34.5. The molecule has 0 saturated carbocycles. The summed E-state index contributed by atoms with van der Waals surface area (Å²) in [6.07, 6.45) is 1.64. The van der Waals surface area contributed by atoms with Crippen molar-refractivity contribution in [3.05, 3.63) is 143 Å². The lowest BCUT2D eigenvalue weighted by Gasteiger charge is -2.14. The Kier molecular flexibility index (Phi) is 10.2. The number of rotatable bonds is 11. The van der Waals surface area contributed by atoms with Crippen LogP contribution < -0.4 is 20.7 Å². The zero-order valence-electron chi connectivity index (χ0n) is 23.7.